The molecular formula is C26H31N7O3. The average Bonchev–Trinajstić information content (AvgIpc) is 3.47. The highest BCUT2D eigenvalue weighted by Crippen LogP contribution is 2.27. The summed E-state index contributed by atoms with van der Waals surface area (Å²) in [6.07, 6.45) is -0.922. The van der Waals surface area contributed by atoms with E-state index < -0.39 is 6.29 Å². The summed E-state index contributed by atoms with van der Waals surface area (Å²) in [6.45, 7) is 6.45. The Kier molecular flexibility index (Phi) is 6.62. The molecule has 3 atom stereocenters. The molecule has 2 aromatic carbocycles. The number of nitrogens with one attached hydrogen (secondary N) is 4. The molecule has 3 aromatic rings. The summed E-state index contributed by atoms with van der Waals surface area (Å²) in [6, 6.07) is 19.3. The molecule has 10 nitrogen and oxygen atoms in total. The number of rotatable bonds is 7. The largest absolute Gasteiger partial charge is 0.484 e. The molecule has 36 heavy (non-hydrogen) atoms. The number of aromatic nitrogens is 2. The second-order valence-corrected chi connectivity index (χ2v) is 9.37. The Labute approximate surface area is 210 Å². The molecule has 0 bridgehead atoms. The zero-order valence-electron chi connectivity index (χ0n) is 20.6. The van der Waals surface area contributed by atoms with Gasteiger partial charge in [0.15, 0.2) is 12.9 Å². The number of amides is 2. The molecule has 5 rings (SSSR count). The lowest BCUT2D eigenvalue weighted by molar-refractivity contribution is -0.129. The number of nitrogens with zero attached hydrogens (tertiary/aromatic N) is 3. The van der Waals surface area contributed by atoms with Crippen molar-refractivity contribution in [2.24, 2.45) is 5.92 Å². The highest BCUT2D eigenvalue weighted by Gasteiger charge is 2.45. The minimum Gasteiger partial charge on any atom is -0.484 e. The van der Waals surface area contributed by atoms with E-state index in [0.717, 1.165) is 5.69 Å². The zero-order valence-corrected chi connectivity index (χ0v) is 20.6. The molecule has 2 aliphatic heterocycles. The number of fused-ring (bicyclic) bond motifs is 1. The summed E-state index contributed by atoms with van der Waals surface area (Å²) in [7, 11) is 0. The van der Waals surface area contributed by atoms with Crippen molar-refractivity contribution in [3.8, 4) is 5.75 Å². The van der Waals surface area contributed by atoms with E-state index >= 15 is 0 Å². The predicted molar refractivity (Wildman–Crippen MR) is 136 cm³/mol. The third-order valence-corrected chi connectivity index (χ3v) is 6.41. The van der Waals surface area contributed by atoms with Crippen LogP contribution in [0.15, 0.2) is 60.7 Å². The molecule has 1 aromatic heterocycles. The van der Waals surface area contributed by atoms with Crippen LogP contribution in [0.4, 0.5) is 11.5 Å². The van der Waals surface area contributed by atoms with Crippen LogP contribution < -0.4 is 31.1 Å². The first kappa shape index (κ1) is 23.8. The fourth-order valence-electron chi connectivity index (χ4n) is 4.51. The van der Waals surface area contributed by atoms with Crippen LogP contribution in [-0.2, 0) is 9.59 Å². The quantitative estimate of drug-likeness (QED) is 0.403. The van der Waals surface area contributed by atoms with Gasteiger partial charge in [-0.2, -0.15) is 5.10 Å². The monoisotopic (exact) mass is 489 g/mol. The Morgan fingerprint density at radius 3 is 2.64 bits per heavy atom. The van der Waals surface area contributed by atoms with Gasteiger partial charge in [0.25, 0.3) is 5.91 Å². The minimum absolute atomic E-state index is 0.0895. The molecular weight excluding hydrogens is 458 g/mol. The van der Waals surface area contributed by atoms with Gasteiger partial charge in [0.2, 0.25) is 5.91 Å². The van der Waals surface area contributed by atoms with Crippen molar-refractivity contribution in [1.82, 2.24) is 25.8 Å². The van der Waals surface area contributed by atoms with Crippen LogP contribution in [0.2, 0.25) is 0 Å². The van der Waals surface area contributed by atoms with Gasteiger partial charge < -0.3 is 15.4 Å². The highest BCUT2D eigenvalue weighted by atomic mass is 16.5. The minimum atomic E-state index is -0.640. The van der Waals surface area contributed by atoms with Gasteiger partial charge in [0.1, 0.15) is 17.7 Å². The third kappa shape index (κ3) is 4.91. The van der Waals surface area contributed by atoms with E-state index in [-0.39, 0.29) is 30.5 Å². The van der Waals surface area contributed by atoms with Gasteiger partial charge in [-0.25, -0.2) is 10.1 Å². The van der Waals surface area contributed by atoms with E-state index in [1.807, 2.05) is 66.5 Å². The molecule has 3 heterocycles. The predicted octanol–water partition coefficient (Wildman–Crippen LogP) is 2.48. The standard InChI is InChI=1S/C26H31N7O3/c1-16(2)18-9-11-20(12-10-18)36-15-23(34)28-22-13-17(3)31-33(22)26-29-24-21(25(35)30-26)14-27-32(24)19-7-5-4-6-8-19/h4-13,16,21,24,26-27,29H,14-15H2,1-3H3,(H,28,34)(H,30,35). The second-order valence-electron chi connectivity index (χ2n) is 9.37. The Morgan fingerprint density at radius 1 is 1.17 bits per heavy atom. The topological polar surface area (TPSA) is 113 Å². The summed E-state index contributed by atoms with van der Waals surface area (Å²) in [5.74, 6) is 0.832. The van der Waals surface area contributed by atoms with Crippen molar-refractivity contribution < 1.29 is 14.3 Å². The fraction of sp³-hybridized carbons (Fsp3) is 0.346. The van der Waals surface area contributed by atoms with Crippen LogP contribution in [0.5, 0.6) is 5.75 Å². The van der Waals surface area contributed by atoms with E-state index in [0.29, 0.717) is 29.7 Å². The van der Waals surface area contributed by atoms with Gasteiger partial charge in [-0.15, -0.1) is 0 Å². The molecule has 2 saturated heterocycles. The van der Waals surface area contributed by atoms with Crippen molar-refractivity contribution in [1.29, 1.82) is 0 Å². The first-order valence-corrected chi connectivity index (χ1v) is 12.1. The zero-order chi connectivity index (χ0) is 25.2. The smallest absolute Gasteiger partial charge is 0.263 e. The summed E-state index contributed by atoms with van der Waals surface area (Å²) >= 11 is 0. The Hall–Kier alpha value is -3.89. The van der Waals surface area contributed by atoms with E-state index in [1.54, 1.807) is 10.7 Å². The van der Waals surface area contributed by atoms with E-state index in [2.05, 4.69) is 40.3 Å². The molecule has 0 spiro atoms. The first-order chi connectivity index (χ1) is 17.4. The van der Waals surface area contributed by atoms with Crippen LogP contribution in [-0.4, -0.2) is 40.9 Å². The Balaban J connectivity index is 1.27. The van der Waals surface area contributed by atoms with Gasteiger partial charge >= 0.3 is 0 Å². The molecule has 3 unspecified atom stereocenters. The average molecular weight is 490 g/mol. The number of carbonyl (C=O) groups excluding carboxylic acids is 2. The molecule has 10 heteroatoms. The summed E-state index contributed by atoms with van der Waals surface area (Å²) < 4.78 is 7.25. The maximum Gasteiger partial charge on any atom is 0.263 e. The Morgan fingerprint density at radius 2 is 1.92 bits per heavy atom. The summed E-state index contributed by atoms with van der Waals surface area (Å²) in [5, 5.41) is 15.8. The summed E-state index contributed by atoms with van der Waals surface area (Å²) in [4.78, 5) is 25.6. The molecule has 188 valence electrons. The first-order valence-electron chi connectivity index (χ1n) is 12.1. The number of aryl methyl sites for hydroxylation is 1. The van der Waals surface area contributed by atoms with Gasteiger partial charge in [0.05, 0.1) is 17.3 Å². The number of ether oxygens (including phenoxy) is 1. The van der Waals surface area contributed by atoms with E-state index in [4.69, 9.17) is 4.74 Å². The fourth-order valence-corrected chi connectivity index (χ4v) is 4.51. The van der Waals surface area contributed by atoms with Crippen LogP contribution in [0.3, 0.4) is 0 Å². The van der Waals surface area contributed by atoms with E-state index in [1.165, 1.54) is 5.56 Å². The van der Waals surface area contributed by atoms with Crippen molar-refractivity contribution in [2.75, 3.05) is 23.5 Å². The molecule has 0 aliphatic carbocycles. The molecule has 0 saturated carbocycles. The van der Waals surface area contributed by atoms with Gasteiger partial charge in [-0.3, -0.25) is 19.9 Å². The van der Waals surface area contributed by atoms with Crippen molar-refractivity contribution in [3.05, 3.63) is 71.9 Å². The van der Waals surface area contributed by atoms with Gasteiger partial charge in [-0.1, -0.05) is 44.2 Å². The van der Waals surface area contributed by atoms with Gasteiger partial charge in [-0.05, 0) is 42.7 Å². The SMILES string of the molecule is Cc1cc(NC(=O)COc2ccc(C(C)C)cc2)n(C2NC(=O)C3CNN(c4ccccc4)C3N2)n1. The van der Waals surface area contributed by atoms with Crippen LogP contribution in [0.25, 0.3) is 0 Å². The number of carbonyl (C=O) groups is 2. The van der Waals surface area contributed by atoms with Crippen LogP contribution in [0.1, 0.15) is 37.3 Å². The molecule has 2 aliphatic rings. The van der Waals surface area contributed by atoms with Gasteiger partial charge in [0, 0.05) is 12.6 Å². The molecule has 0 radical (unpaired) electrons. The Bertz CT molecular complexity index is 1230. The lowest BCUT2D eigenvalue weighted by Gasteiger charge is -2.37. The second kappa shape index (κ2) is 10.00. The number of para-hydroxylation sites is 1. The van der Waals surface area contributed by atoms with Crippen molar-refractivity contribution in [3.63, 3.8) is 0 Å². The molecule has 4 N–H and O–H groups in total. The normalized spacial score (nSPS) is 21.3. The third-order valence-electron chi connectivity index (χ3n) is 6.41. The van der Waals surface area contributed by atoms with Crippen LogP contribution in [0, 0.1) is 12.8 Å². The van der Waals surface area contributed by atoms with Crippen LogP contribution >= 0.6 is 0 Å². The molecule has 2 fully saturated rings. The number of hydrogen-bond acceptors (Lipinski definition) is 7. The molecule has 2 amide bonds. The number of benzene rings is 2. The van der Waals surface area contributed by atoms with Crippen molar-refractivity contribution in [2.45, 2.75) is 39.1 Å². The number of hydrazine groups is 1. The highest BCUT2D eigenvalue weighted by molar-refractivity contribution is 5.91. The number of hydrogen-bond donors (Lipinski definition) is 4. The maximum atomic E-state index is 12.9. The summed E-state index contributed by atoms with van der Waals surface area (Å²) in [5.41, 5.74) is 6.17. The van der Waals surface area contributed by atoms with E-state index in [9.17, 15) is 9.59 Å². The lowest BCUT2D eigenvalue weighted by Crippen LogP contribution is -2.61. The lowest BCUT2D eigenvalue weighted by atomic mass is 10.0. The van der Waals surface area contributed by atoms with Crippen molar-refractivity contribution >= 4 is 23.3 Å². The maximum absolute atomic E-state index is 12.9. The number of anilines is 2.